The highest BCUT2D eigenvalue weighted by Crippen LogP contribution is 2.38. The molecular weight excluding hydrogens is 474 g/mol. The predicted molar refractivity (Wildman–Crippen MR) is 143 cm³/mol. The van der Waals surface area contributed by atoms with Crippen LogP contribution in [-0.2, 0) is 14.3 Å². The molecule has 36 heavy (non-hydrogen) atoms. The second-order valence-electron chi connectivity index (χ2n) is 11.4. The summed E-state index contributed by atoms with van der Waals surface area (Å²) in [6.07, 6.45) is 9.17. The van der Waals surface area contributed by atoms with E-state index in [9.17, 15) is 14.7 Å². The highest BCUT2D eigenvalue weighted by Gasteiger charge is 2.37. The summed E-state index contributed by atoms with van der Waals surface area (Å²) in [5.41, 5.74) is 1.63. The first-order valence-corrected chi connectivity index (χ1v) is 14.0. The van der Waals surface area contributed by atoms with Gasteiger partial charge in [-0.3, -0.25) is 4.79 Å². The molecule has 7 heteroatoms. The zero-order valence-corrected chi connectivity index (χ0v) is 22.8. The number of rotatable bonds is 6. The molecule has 0 aromatic carbocycles. The topological polar surface area (TPSA) is 76.1 Å². The van der Waals surface area contributed by atoms with Crippen molar-refractivity contribution in [3.63, 3.8) is 0 Å². The maximum Gasteiger partial charge on any atom is 0.348 e. The third-order valence-electron chi connectivity index (χ3n) is 7.23. The molecular formula is C29H39NO5S. The molecule has 6 nitrogen and oxygen atoms in total. The molecule has 2 fully saturated rings. The Kier molecular flexibility index (Phi) is 8.59. The van der Waals surface area contributed by atoms with Gasteiger partial charge in [0.15, 0.2) is 0 Å². The van der Waals surface area contributed by atoms with Gasteiger partial charge in [-0.05, 0) is 85.1 Å². The van der Waals surface area contributed by atoms with Crippen LogP contribution in [-0.4, -0.2) is 48.4 Å². The lowest BCUT2D eigenvalue weighted by Crippen LogP contribution is -2.47. The van der Waals surface area contributed by atoms with Gasteiger partial charge in [-0.25, -0.2) is 4.79 Å². The number of aromatic carboxylic acids is 1. The molecule has 1 N–H and O–H groups in total. The first-order valence-electron chi connectivity index (χ1n) is 13.2. The zero-order valence-electron chi connectivity index (χ0n) is 22.0. The van der Waals surface area contributed by atoms with Crippen LogP contribution in [0.25, 0.3) is 0 Å². The van der Waals surface area contributed by atoms with Crippen LogP contribution in [0.2, 0.25) is 0 Å². The summed E-state index contributed by atoms with van der Waals surface area (Å²) in [7, 11) is 0. The summed E-state index contributed by atoms with van der Waals surface area (Å²) in [4.78, 5) is 29.0. The molecule has 1 saturated carbocycles. The number of anilines is 1. The lowest BCUT2D eigenvalue weighted by molar-refractivity contribution is -0.123. The molecule has 2 heterocycles. The average molecular weight is 514 g/mol. The van der Waals surface area contributed by atoms with Crippen LogP contribution in [0.4, 0.5) is 5.69 Å². The first kappa shape index (κ1) is 26.9. The third-order valence-corrected chi connectivity index (χ3v) is 8.26. The fourth-order valence-corrected chi connectivity index (χ4v) is 6.08. The Morgan fingerprint density at radius 3 is 2.47 bits per heavy atom. The van der Waals surface area contributed by atoms with Gasteiger partial charge in [0.05, 0.1) is 29.4 Å². The molecule has 0 bridgehead atoms. The summed E-state index contributed by atoms with van der Waals surface area (Å²) in [6, 6.07) is 1.79. The summed E-state index contributed by atoms with van der Waals surface area (Å²) in [6.45, 7) is 9.61. The van der Waals surface area contributed by atoms with Crippen LogP contribution in [0, 0.1) is 23.2 Å². The van der Waals surface area contributed by atoms with Crippen LogP contribution >= 0.6 is 11.3 Å². The largest absolute Gasteiger partial charge is 0.477 e. The van der Waals surface area contributed by atoms with Crippen molar-refractivity contribution in [1.82, 2.24) is 0 Å². The lowest BCUT2D eigenvalue weighted by atomic mass is 9.86. The Morgan fingerprint density at radius 1 is 1.14 bits per heavy atom. The molecule has 1 aromatic rings. The van der Waals surface area contributed by atoms with E-state index in [1.807, 2.05) is 31.7 Å². The Morgan fingerprint density at radius 2 is 1.89 bits per heavy atom. The van der Waals surface area contributed by atoms with Crippen LogP contribution in [0.1, 0.15) is 93.6 Å². The minimum atomic E-state index is -1.01. The molecule has 0 spiro atoms. The van der Waals surface area contributed by atoms with Crippen LogP contribution in [0.3, 0.4) is 0 Å². The standard InChI is InChI=1S/C29H39NO5S/c1-19-5-7-20(8-6-19)27(31)30(21-9-11-22(12-10-21)35-23-14-16-34-18-23)25-17-24(13-15-29(2,3)4)36-26(25)28(32)33/h5,17,20-23H,6-12,14,16,18H2,1-4H3,(H,32,33)/t20-,21-,22-,23-/m1/s1. The normalized spacial score (nSPS) is 26.6. The number of carboxylic acid groups (broad SMARTS) is 1. The van der Waals surface area contributed by atoms with Crippen molar-refractivity contribution < 1.29 is 24.2 Å². The van der Waals surface area contributed by atoms with Crippen molar-refractivity contribution in [2.75, 3.05) is 18.1 Å². The van der Waals surface area contributed by atoms with E-state index in [1.54, 1.807) is 0 Å². The molecule has 1 amide bonds. The van der Waals surface area contributed by atoms with Gasteiger partial charge in [0.25, 0.3) is 0 Å². The predicted octanol–water partition coefficient (Wildman–Crippen LogP) is 6.04. The maximum atomic E-state index is 14.0. The van der Waals surface area contributed by atoms with Gasteiger partial charge < -0.3 is 19.5 Å². The smallest absolute Gasteiger partial charge is 0.348 e. The molecule has 1 aromatic heterocycles. The highest BCUT2D eigenvalue weighted by molar-refractivity contribution is 7.15. The van der Waals surface area contributed by atoms with Crippen LogP contribution < -0.4 is 4.90 Å². The average Bonchev–Trinajstić information content (AvgIpc) is 3.49. The molecule has 4 rings (SSSR count). The molecule has 0 radical (unpaired) electrons. The zero-order chi connectivity index (χ0) is 25.9. The van der Waals surface area contributed by atoms with E-state index < -0.39 is 5.97 Å². The number of thiophene rings is 1. The number of allylic oxidation sites excluding steroid dienone is 2. The molecule has 196 valence electrons. The summed E-state index contributed by atoms with van der Waals surface area (Å²) in [5.74, 6) is 5.28. The second kappa shape index (κ2) is 11.5. The molecule has 2 aliphatic carbocycles. The quantitative estimate of drug-likeness (QED) is 0.371. The first-order chi connectivity index (χ1) is 17.1. The van der Waals surface area contributed by atoms with Crippen LogP contribution in [0.5, 0.6) is 0 Å². The second-order valence-corrected chi connectivity index (χ2v) is 12.5. The fourth-order valence-electron chi connectivity index (χ4n) is 5.24. The Hall–Kier alpha value is -2.14. The van der Waals surface area contributed by atoms with Gasteiger partial charge in [0, 0.05) is 24.0 Å². The SMILES string of the molecule is CC1=CC[C@@H](C(=O)N(c2cc(C#CC(C)(C)C)sc2C(=O)O)[C@H]2CC[C@H](O[C@@H]3CCOC3)CC2)CC1. The van der Waals surface area contributed by atoms with Gasteiger partial charge >= 0.3 is 5.97 Å². The van der Waals surface area contributed by atoms with E-state index >= 15 is 0 Å². The van der Waals surface area contributed by atoms with E-state index in [2.05, 4.69) is 24.8 Å². The van der Waals surface area contributed by atoms with E-state index in [1.165, 1.54) is 16.9 Å². The van der Waals surface area contributed by atoms with Crippen molar-refractivity contribution in [3.8, 4) is 11.8 Å². The van der Waals surface area contributed by atoms with Gasteiger partial charge in [-0.1, -0.05) is 23.5 Å². The molecule has 2 atom stereocenters. The Bertz CT molecular complexity index is 1040. The summed E-state index contributed by atoms with van der Waals surface area (Å²) < 4.78 is 11.7. The molecule has 1 aliphatic heterocycles. The Balaban J connectivity index is 1.61. The summed E-state index contributed by atoms with van der Waals surface area (Å²) >= 11 is 1.17. The van der Waals surface area contributed by atoms with Crippen molar-refractivity contribution >= 4 is 28.9 Å². The number of amides is 1. The van der Waals surface area contributed by atoms with E-state index in [0.29, 0.717) is 23.6 Å². The third kappa shape index (κ3) is 6.79. The van der Waals surface area contributed by atoms with E-state index in [0.717, 1.165) is 51.6 Å². The number of hydrogen-bond donors (Lipinski definition) is 1. The minimum Gasteiger partial charge on any atom is -0.477 e. The van der Waals surface area contributed by atoms with Gasteiger partial charge in [0.2, 0.25) is 5.91 Å². The van der Waals surface area contributed by atoms with Gasteiger partial charge in [-0.2, -0.15) is 0 Å². The number of carboxylic acids is 1. The number of carbonyl (C=O) groups excluding carboxylic acids is 1. The van der Waals surface area contributed by atoms with Gasteiger partial charge in [-0.15, -0.1) is 11.3 Å². The minimum absolute atomic E-state index is 0.0414. The van der Waals surface area contributed by atoms with Crippen molar-refractivity contribution in [3.05, 3.63) is 27.5 Å². The Labute approximate surface area is 219 Å². The lowest BCUT2D eigenvalue weighted by Gasteiger charge is -2.39. The molecule has 3 aliphatic rings. The van der Waals surface area contributed by atoms with Crippen LogP contribution in [0.15, 0.2) is 17.7 Å². The fraction of sp³-hybridized carbons (Fsp3) is 0.655. The number of carbonyl (C=O) groups is 2. The number of nitrogens with zero attached hydrogens (tertiary/aromatic N) is 1. The number of ether oxygens (including phenoxy) is 2. The van der Waals surface area contributed by atoms with Crippen molar-refractivity contribution in [2.24, 2.45) is 11.3 Å². The monoisotopic (exact) mass is 513 g/mol. The van der Waals surface area contributed by atoms with Crippen molar-refractivity contribution in [2.45, 2.75) is 97.3 Å². The summed E-state index contributed by atoms with van der Waals surface area (Å²) in [5, 5.41) is 10.1. The highest BCUT2D eigenvalue weighted by atomic mass is 32.1. The van der Waals surface area contributed by atoms with E-state index in [4.69, 9.17) is 9.47 Å². The van der Waals surface area contributed by atoms with Gasteiger partial charge in [0.1, 0.15) is 4.88 Å². The van der Waals surface area contributed by atoms with E-state index in [-0.39, 0.29) is 40.4 Å². The number of hydrogen-bond acceptors (Lipinski definition) is 5. The molecule has 0 unspecified atom stereocenters. The van der Waals surface area contributed by atoms with Crippen molar-refractivity contribution in [1.29, 1.82) is 0 Å². The maximum absolute atomic E-state index is 14.0. The molecule has 1 saturated heterocycles.